The summed E-state index contributed by atoms with van der Waals surface area (Å²) in [5.74, 6) is 0. The minimum atomic E-state index is 0.675. The van der Waals surface area contributed by atoms with Crippen LogP contribution < -0.4 is 5.73 Å². The lowest BCUT2D eigenvalue weighted by molar-refractivity contribution is 0.687. The summed E-state index contributed by atoms with van der Waals surface area (Å²) < 4.78 is 3.92. The molecule has 1 aromatic heterocycles. The van der Waals surface area contributed by atoms with Gasteiger partial charge in [-0.2, -0.15) is 5.10 Å². The zero-order valence-corrected chi connectivity index (χ0v) is 14.3. The van der Waals surface area contributed by atoms with Crippen LogP contribution in [-0.2, 0) is 6.54 Å². The topological polar surface area (TPSA) is 43.8 Å². The van der Waals surface area contributed by atoms with Gasteiger partial charge in [0.1, 0.15) is 5.69 Å². The molecule has 2 aromatic carbocycles. The molecule has 0 saturated heterocycles. The molecular weight excluding hydrogens is 394 g/mol. The lowest BCUT2D eigenvalue weighted by atomic mass is 10.1. The lowest BCUT2D eigenvalue weighted by Crippen LogP contribution is -2.01. The highest BCUT2D eigenvalue weighted by atomic mass is 79.9. The van der Waals surface area contributed by atoms with E-state index in [9.17, 15) is 0 Å². The van der Waals surface area contributed by atoms with Crippen LogP contribution in [0.5, 0.6) is 0 Å². The van der Waals surface area contributed by atoms with Crippen molar-refractivity contribution in [1.82, 2.24) is 9.78 Å². The summed E-state index contributed by atoms with van der Waals surface area (Å²) in [4.78, 5) is 0. The molecule has 0 bridgehead atoms. The summed E-state index contributed by atoms with van der Waals surface area (Å²) in [5.41, 5.74) is 9.76. The number of halogens is 2. The molecule has 106 valence electrons. The number of rotatable bonds is 3. The largest absolute Gasteiger partial charge is 0.396 e. The van der Waals surface area contributed by atoms with E-state index >= 15 is 0 Å². The van der Waals surface area contributed by atoms with E-state index in [2.05, 4.69) is 43.0 Å². The normalized spacial score (nSPS) is 10.8. The zero-order chi connectivity index (χ0) is 14.8. The quantitative estimate of drug-likeness (QED) is 0.684. The monoisotopic (exact) mass is 405 g/mol. The number of aromatic nitrogens is 2. The number of benzene rings is 2. The van der Waals surface area contributed by atoms with Crippen molar-refractivity contribution in [3.63, 3.8) is 0 Å². The first-order valence-electron chi connectivity index (χ1n) is 6.46. The number of anilines is 1. The predicted molar refractivity (Wildman–Crippen MR) is 93.0 cm³/mol. The van der Waals surface area contributed by atoms with Crippen LogP contribution in [-0.4, -0.2) is 9.78 Å². The first kappa shape index (κ1) is 14.4. The van der Waals surface area contributed by atoms with Crippen molar-refractivity contribution in [3.8, 4) is 11.3 Å². The van der Waals surface area contributed by atoms with E-state index in [1.807, 2.05) is 53.3 Å². The van der Waals surface area contributed by atoms with E-state index in [4.69, 9.17) is 5.73 Å². The van der Waals surface area contributed by atoms with Gasteiger partial charge < -0.3 is 5.73 Å². The molecule has 0 aliphatic rings. The first-order chi connectivity index (χ1) is 10.1. The lowest BCUT2D eigenvalue weighted by Gasteiger charge is -2.04. The summed E-state index contributed by atoms with van der Waals surface area (Å²) in [6.45, 7) is 0.677. The third-order valence-corrected chi connectivity index (χ3v) is 4.67. The molecular formula is C16H13Br2N3. The van der Waals surface area contributed by atoms with Gasteiger partial charge in [0.2, 0.25) is 0 Å². The van der Waals surface area contributed by atoms with Gasteiger partial charge in [-0.1, -0.05) is 68.3 Å². The van der Waals surface area contributed by atoms with Gasteiger partial charge in [-0.05, 0) is 17.7 Å². The summed E-state index contributed by atoms with van der Waals surface area (Å²) in [6.07, 6.45) is 1.87. The highest BCUT2D eigenvalue weighted by Gasteiger charge is 2.12. The fraction of sp³-hybridized carbons (Fsp3) is 0.0625. The van der Waals surface area contributed by atoms with Gasteiger partial charge in [0, 0.05) is 20.7 Å². The van der Waals surface area contributed by atoms with Crippen LogP contribution in [0.4, 0.5) is 5.69 Å². The molecule has 5 heteroatoms. The van der Waals surface area contributed by atoms with Crippen molar-refractivity contribution in [2.45, 2.75) is 6.54 Å². The average Bonchev–Trinajstić information content (AvgIpc) is 2.83. The Kier molecular flexibility index (Phi) is 4.12. The second kappa shape index (κ2) is 6.03. The smallest absolute Gasteiger partial charge is 0.116 e. The third kappa shape index (κ3) is 3.04. The molecule has 0 fully saturated rings. The summed E-state index contributed by atoms with van der Waals surface area (Å²) >= 11 is 7.10. The molecule has 0 spiro atoms. The molecule has 2 N–H and O–H groups in total. The Morgan fingerprint density at radius 3 is 2.33 bits per heavy atom. The minimum absolute atomic E-state index is 0.675. The van der Waals surface area contributed by atoms with Crippen LogP contribution in [0, 0.1) is 0 Å². The van der Waals surface area contributed by atoms with Gasteiger partial charge in [-0.15, -0.1) is 0 Å². The third-order valence-electron chi connectivity index (χ3n) is 3.21. The number of hydrogen-bond acceptors (Lipinski definition) is 2. The molecule has 3 aromatic rings. The summed E-state index contributed by atoms with van der Waals surface area (Å²) in [5, 5.41) is 4.62. The van der Waals surface area contributed by atoms with Crippen LogP contribution in [0.2, 0.25) is 0 Å². The number of nitrogen functional groups attached to an aromatic ring is 1. The molecule has 0 atom stereocenters. The fourth-order valence-electron chi connectivity index (χ4n) is 2.18. The van der Waals surface area contributed by atoms with Gasteiger partial charge in [0.05, 0.1) is 12.2 Å². The van der Waals surface area contributed by atoms with Crippen LogP contribution in [0.25, 0.3) is 11.3 Å². The van der Waals surface area contributed by atoms with Crippen molar-refractivity contribution < 1.29 is 0 Å². The number of hydrogen-bond donors (Lipinski definition) is 1. The van der Waals surface area contributed by atoms with E-state index in [1.54, 1.807) is 0 Å². The minimum Gasteiger partial charge on any atom is -0.396 e. The van der Waals surface area contributed by atoms with Crippen molar-refractivity contribution in [2.75, 3.05) is 5.73 Å². The second-order valence-corrected chi connectivity index (χ2v) is 6.41. The maximum Gasteiger partial charge on any atom is 0.116 e. The molecule has 0 amide bonds. The Hall–Kier alpha value is -1.59. The molecule has 1 heterocycles. The molecule has 0 unspecified atom stereocenters. The Balaban J connectivity index is 1.96. The molecule has 0 saturated carbocycles. The van der Waals surface area contributed by atoms with E-state index < -0.39 is 0 Å². The SMILES string of the molecule is Nc1cn(Cc2ccccc2Br)nc1-c1ccccc1Br. The number of nitrogens with two attached hydrogens (primary N) is 1. The predicted octanol–water partition coefficient (Wildman–Crippen LogP) is 4.71. The first-order valence-corrected chi connectivity index (χ1v) is 8.05. The van der Waals surface area contributed by atoms with Crippen molar-refractivity contribution >= 4 is 37.5 Å². The zero-order valence-electron chi connectivity index (χ0n) is 11.1. The van der Waals surface area contributed by atoms with Crippen LogP contribution in [0.15, 0.2) is 63.7 Å². The van der Waals surface area contributed by atoms with Gasteiger partial charge in [-0.25, -0.2) is 0 Å². The fourth-order valence-corrected chi connectivity index (χ4v) is 3.06. The van der Waals surface area contributed by atoms with Gasteiger partial charge in [0.15, 0.2) is 0 Å². The highest BCUT2D eigenvalue weighted by Crippen LogP contribution is 2.31. The van der Waals surface area contributed by atoms with Gasteiger partial charge >= 0.3 is 0 Å². The van der Waals surface area contributed by atoms with Crippen LogP contribution in [0.1, 0.15) is 5.56 Å². The highest BCUT2D eigenvalue weighted by molar-refractivity contribution is 9.10. The Morgan fingerprint density at radius 2 is 1.62 bits per heavy atom. The van der Waals surface area contributed by atoms with Crippen molar-refractivity contribution in [2.24, 2.45) is 0 Å². The Labute approximate surface area is 140 Å². The van der Waals surface area contributed by atoms with Crippen LogP contribution >= 0.6 is 31.9 Å². The van der Waals surface area contributed by atoms with E-state index in [1.165, 1.54) is 5.56 Å². The second-order valence-electron chi connectivity index (χ2n) is 4.70. The van der Waals surface area contributed by atoms with Crippen molar-refractivity contribution in [1.29, 1.82) is 0 Å². The molecule has 0 aliphatic carbocycles. The average molecular weight is 407 g/mol. The van der Waals surface area contributed by atoms with E-state index in [0.717, 1.165) is 20.2 Å². The van der Waals surface area contributed by atoms with Gasteiger partial charge in [0.25, 0.3) is 0 Å². The number of nitrogens with zero attached hydrogens (tertiary/aromatic N) is 2. The van der Waals surface area contributed by atoms with Gasteiger partial charge in [-0.3, -0.25) is 4.68 Å². The molecule has 3 rings (SSSR count). The maximum atomic E-state index is 6.12. The molecule has 0 aliphatic heterocycles. The Morgan fingerprint density at radius 1 is 0.952 bits per heavy atom. The van der Waals surface area contributed by atoms with E-state index in [0.29, 0.717) is 12.2 Å². The maximum absolute atomic E-state index is 6.12. The molecule has 3 nitrogen and oxygen atoms in total. The summed E-state index contributed by atoms with van der Waals surface area (Å²) in [7, 11) is 0. The van der Waals surface area contributed by atoms with Crippen molar-refractivity contribution in [3.05, 3.63) is 69.2 Å². The Bertz CT molecular complexity index is 781. The standard InChI is InChI=1S/C16H13Br2N3/c17-13-7-3-1-5-11(13)9-21-10-15(19)16(20-21)12-6-2-4-8-14(12)18/h1-8,10H,9,19H2. The summed E-state index contributed by atoms with van der Waals surface area (Å²) in [6, 6.07) is 16.1. The molecule has 0 radical (unpaired) electrons. The van der Waals surface area contributed by atoms with Crippen LogP contribution in [0.3, 0.4) is 0 Å². The molecule has 21 heavy (non-hydrogen) atoms. The van der Waals surface area contributed by atoms with E-state index in [-0.39, 0.29) is 0 Å².